The van der Waals surface area contributed by atoms with E-state index in [2.05, 4.69) is 70.2 Å². The highest BCUT2D eigenvalue weighted by molar-refractivity contribution is 5.93. The summed E-state index contributed by atoms with van der Waals surface area (Å²) in [4.78, 5) is 4.84. The van der Waals surface area contributed by atoms with Gasteiger partial charge in [0.15, 0.2) is 5.90 Å². The number of hydrogen-bond donors (Lipinski definition) is 0. The van der Waals surface area contributed by atoms with Gasteiger partial charge in [-0.2, -0.15) is 0 Å². The summed E-state index contributed by atoms with van der Waals surface area (Å²) in [5.74, 6) is 1.05. The lowest BCUT2D eigenvalue weighted by Crippen LogP contribution is -2.35. The molecule has 0 fully saturated rings. The predicted octanol–water partition coefficient (Wildman–Crippen LogP) is 4.93. The van der Waals surface area contributed by atoms with Crippen molar-refractivity contribution < 1.29 is 4.74 Å². The number of aliphatic imine (C=N–C) groups is 1. The van der Waals surface area contributed by atoms with Crippen LogP contribution in [0.25, 0.3) is 10.8 Å². The van der Waals surface area contributed by atoms with Crippen molar-refractivity contribution in [1.29, 1.82) is 0 Å². The summed E-state index contributed by atoms with van der Waals surface area (Å²) < 4.78 is 6.04. The molecule has 2 heteroatoms. The Morgan fingerprint density at radius 2 is 1.86 bits per heavy atom. The number of rotatable bonds is 2. The second-order valence-electron chi connectivity index (χ2n) is 6.69. The molecule has 1 aliphatic rings. The number of benzene rings is 2. The molecule has 0 N–H and O–H groups in total. The molecular formula is C19H23NO. The average molecular weight is 281 g/mol. The SMILES string of the molecule is CC1CC(C)(C)N=C(C(C)c2cccc3ccccc23)O1. The zero-order valence-corrected chi connectivity index (χ0v) is 13.3. The fourth-order valence-corrected chi connectivity index (χ4v) is 3.28. The summed E-state index contributed by atoms with van der Waals surface area (Å²) in [5.41, 5.74) is 1.25. The lowest BCUT2D eigenvalue weighted by atomic mass is 9.91. The van der Waals surface area contributed by atoms with Crippen molar-refractivity contribution in [2.75, 3.05) is 0 Å². The Balaban J connectivity index is 2.05. The minimum Gasteiger partial charge on any atom is -0.477 e. The van der Waals surface area contributed by atoms with Crippen molar-refractivity contribution in [3.8, 4) is 0 Å². The van der Waals surface area contributed by atoms with E-state index in [-0.39, 0.29) is 17.6 Å². The molecule has 0 spiro atoms. The molecule has 2 aromatic carbocycles. The van der Waals surface area contributed by atoms with Gasteiger partial charge in [-0.1, -0.05) is 42.5 Å². The van der Waals surface area contributed by atoms with Gasteiger partial charge in [-0.05, 0) is 44.0 Å². The van der Waals surface area contributed by atoms with Gasteiger partial charge in [0.05, 0.1) is 17.6 Å². The smallest absolute Gasteiger partial charge is 0.191 e. The molecule has 1 heterocycles. The second kappa shape index (κ2) is 5.18. The first-order chi connectivity index (χ1) is 9.96. The lowest BCUT2D eigenvalue weighted by molar-refractivity contribution is 0.137. The summed E-state index contributed by atoms with van der Waals surface area (Å²) >= 11 is 0. The van der Waals surface area contributed by atoms with Gasteiger partial charge in [-0.15, -0.1) is 0 Å². The summed E-state index contributed by atoms with van der Waals surface area (Å²) in [5, 5.41) is 2.56. The predicted molar refractivity (Wildman–Crippen MR) is 89.0 cm³/mol. The molecule has 0 saturated heterocycles. The van der Waals surface area contributed by atoms with Crippen molar-refractivity contribution >= 4 is 16.7 Å². The van der Waals surface area contributed by atoms with Crippen LogP contribution in [0.1, 0.15) is 45.6 Å². The highest BCUT2D eigenvalue weighted by Crippen LogP contribution is 2.32. The number of hydrogen-bond acceptors (Lipinski definition) is 2. The van der Waals surface area contributed by atoms with Crippen molar-refractivity contribution in [2.24, 2.45) is 4.99 Å². The van der Waals surface area contributed by atoms with E-state index < -0.39 is 0 Å². The molecule has 0 aliphatic carbocycles. The van der Waals surface area contributed by atoms with Gasteiger partial charge in [0, 0.05) is 6.42 Å². The van der Waals surface area contributed by atoms with Gasteiger partial charge in [-0.3, -0.25) is 0 Å². The van der Waals surface area contributed by atoms with Gasteiger partial charge in [0.2, 0.25) is 0 Å². The molecule has 2 atom stereocenters. The van der Waals surface area contributed by atoms with Crippen LogP contribution in [0.3, 0.4) is 0 Å². The van der Waals surface area contributed by atoms with E-state index in [1.807, 2.05) is 0 Å². The number of ether oxygens (including phenoxy) is 1. The molecule has 1 aliphatic heterocycles. The van der Waals surface area contributed by atoms with Crippen LogP contribution in [0.5, 0.6) is 0 Å². The Morgan fingerprint density at radius 3 is 2.62 bits per heavy atom. The van der Waals surface area contributed by atoms with E-state index >= 15 is 0 Å². The van der Waals surface area contributed by atoms with Crippen LogP contribution in [-0.2, 0) is 4.74 Å². The van der Waals surface area contributed by atoms with E-state index in [0.29, 0.717) is 0 Å². The minimum absolute atomic E-state index is 0.0359. The first-order valence-corrected chi connectivity index (χ1v) is 7.70. The molecule has 2 nitrogen and oxygen atoms in total. The molecule has 0 radical (unpaired) electrons. The van der Waals surface area contributed by atoms with Crippen LogP contribution in [0.2, 0.25) is 0 Å². The molecule has 110 valence electrons. The number of fused-ring (bicyclic) bond motifs is 1. The molecule has 21 heavy (non-hydrogen) atoms. The van der Waals surface area contributed by atoms with Crippen molar-refractivity contribution in [2.45, 2.75) is 51.7 Å². The van der Waals surface area contributed by atoms with Gasteiger partial charge < -0.3 is 4.74 Å². The van der Waals surface area contributed by atoms with Gasteiger partial charge >= 0.3 is 0 Å². The number of nitrogens with zero attached hydrogens (tertiary/aromatic N) is 1. The molecule has 3 rings (SSSR count). The zero-order chi connectivity index (χ0) is 15.0. The fourth-order valence-electron chi connectivity index (χ4n) is 3.28. The molecule has 0 saturated carbocycles. The van der Waals surface area contributed by atoms with Crippen molar-refractivity contribution in [3.63, 3.8) is 0 Å². The standard InChI is InChI=1S/C19H23NO/c1-13-12-19(3,4)20-18(21-13)14(2)16-11-7-9-15-8-5-6-10-17(15)16/h5-11,13-14H,12H2,1-4H3. The van der Waals surface area contributed by atoms with E-state index in [1.165, 1.54) is 16.3 Å². The maximum absolute atomic E-state index is 6.04. The monoisotopic (exact) mass is 281 g/mol. The van der Waals surface area contributed by atoms with E-state index in [1.54, 1.807) is 0 Å². The lowest BCUT2D eigenvalue weighted by Gasteiger charge is -2.34. The second-order valence-corrected chi connectivity index (χ2v) is 6.69. The normalized spacial score (nSPS) is 22.5. The maximum atomic E-state index is 6.04. The van der Waals surface area contributed by atoms with Crippen LogP contribution in [0, 0.1) is 0 Å². The highest BCUT2D eigenvalue weighted by Gasteiger charge is 2.31. The van der Waals surface area contributed by atoms with Crippen LogP contribution < -0.4 is 0 Å². The maximum Gasteiger partial charge on any atom is 0.191 e. The third-order valence-corrected chi connectivity index (χ3v) is 4.18. The van der Waals surface area contributed by atoms with Crippen LogP contribution in [0.4, 0.5) is 0 Å². The first kappa shape index (κ1) is 14.1. The molecule has 0 aromatic heterocycles. The van der Waals surface area contributed by atoms with Crippen LogP contribution >= 0.6 is 0 Å². The third-order valence-electron chi connectivity index (χ3n) is 4.18. The van der Waals surface area contributed by atoms with Crippen molar-refractivity contribution in [3.05, 3.63) is 48.0 Å². The fraction of sp³-hybridized carbons (Fsp3) is 0.421. The molecular weight excluding hydrogens is 258 g/mol. The Hall–Kier alpha value is -1.83. The summed E-state index contributed by atoms with van der Waals surface area (Å²) in [6.07, 6.45) is 1.20. The summed E-state index contributed by atoms with van der Waals surface area (Å²) in [6, 6.07) is 15.0. The van der Waals surface area contributed by atoms with Crippen molar-refractivity contribution in [1.82, 2.24) is 0 Å². The largest absolute Gasteiger partial charge is 0.477 e. The highest BCUT2D eigenvalue weighted by atomic mass is 16.5. The quantitative estimate of drug-likeness (QED) is 0.765. The van der Waals surface area contributed by atoms with Crippen LogP contribution in [-0.4, -0.2) is 17.5 Å². The van der Waals surface area contributed by atoms with Gasteiger partial charge in [0.25, 0.3) is 0 Å². The van der Waals surface area contributed by atoms with Gasteiger partial charge in [0.1, 0.15) is 0 Å². The molecule has 2 unspecified atom stereocenters. The average Bonchev–Trinajstić information content (AvgIpc) is 2.44. The summed E-state index contributed by atoms with van der Waals surface area (Å²) in [7, 11) is 0. The molecule has 0 bridgehead atoms. The van der Waals surface area contributed by atoms with E-state index in [4.69, 9.17) is 9.73 Å². The Bertz CT molecular complexity index is 682. The first-order valence-electron chi connectivity index (χ1n) is 7.70. The topological polar surface area (TPSA) is 21.6 Å². The zero-order valence-electron chi connectivity index (χ0n) is 13.3. The van der Waals surface area contributed by atoms with E-state index in [0.717, 1.165) is 12.3 Å². The molecule has 2 aromatic rings. The Morgan fingerprint density at radius 1 is 1.14 bits per heavy atom. The van der Waals surface area contributed by atoms with Gasteiger partial charge in [-0.25, -0.2) is 4.99 Å². The Labute approximate surface area is 126 Å². The van der Waals surface area contributed by atoms with E-state index in [9.17, 15) is 0 Å². The third kappa shape index (κ3) is 2.80. The summed E-state index contributed by atoms with van der Waals surface area (Å²) in [6.45, 7) is 8.69. The molecule has 0 amide bonds. The minimum atomic E-state index is -0.0359. The Kier molecular flexibility index (Phi) is 3.48. The van der Waals surface area contributed by atoms with Crippen LogP contribution in [0.15, 0.2) is 47.5 Å².